The highest BCUT2D eigenvalue weighted by Crippen LogP contribution is 2.14. The van der Waals surface area contributed by atoms with Crippen molar-refractivity contribution in [3.8, 4) is 5.75 Å². The zero-order valence-corrected chi connectivity index (χ0v) is 15.7. The smallest absolute Gasteiger partial charge is 0.251 e. The maximum Gasteiger partial charge on any atom is 0.251 e. The third-order valence-electron chi connectivity index (χ3n) is 4.39. The molecule has 0 aliphatic rings. The molecule has 0 aliphatic carbocycles. The van der Waals surface area contributed by atoms with Gasteiger partial charge in [0, 0.05) is 17.6 Å². The van der Waals surface area contributed by atoms with E-state index in [2.05, 4.69) is 10.3 Å². The van der Waals surface area contributed by atoms with Crippen LogP contribution in [0.4, 0.5) is 0 Å². The summed E-state index contributed by atoms with van der Waals surface area (Å²) in [4.78, 5) is 27.2. The number of amides is 1. The first-order valence-electron chi connectivity index (χ1n) is 9.16. The maximum atomic E-state index is 12.2. The maximum absolute atomic E-state index is 12.2. The highest BCUT2D eigenvalue weighted by molar-refractivity contribution is 5.80. The number of fused-ring (bicyclic) bond motifs is 1. The van der Waals surface area contributed by atoms with Crippen LogP contribution in [0.15, 0.2) is 53.3 Å². The van der Waals surface area contributed by atoms with Gasteiger partial charge in [0.25, 0.3) is 5.56 Å². The summed E-state index contributed by atoms with van der Waals surface area (Å²) in [6.45, 7) is 4.97. The van der Waals surface area contributed by atoms with Crippen LogP contribution >= 0.6 is 0 Å². The van der Waals surface area contributed by atoms with E-state index in [4.69, 9.17) is 4.74 Å². The molecule has 0 unspecified atom stereocenters. The molecular formula is C22H24N2O3. The summed E-state index contributed by atoms with van der Waals surface area (Å²) in [6.07, 6.45) is 0.800. The number of ether oxygens (including phenoxy) is 1. The largest absolute Gasteiger partial charge is 0.494 e. The zero-order chi connectivity index (χ0) is 19.2. The van der Waals surface area contributed by atoms with Gasteiger partial charge in [-0.3, -0.25) is 9.59 Å². The lowest BCUT2D eigenvalue weighted by atomic mass is 10.1. The molecule has 0 spiro atoms. The van der Waals surface area contributed by atoms with E-state index in [0.717, 1.165) is 27.8 Å². The summed E-state index contributed by atoms with van der Waals surface area (Å²) >= 11 is 0. The number of aryl methyl sites for hydroxylation is 1. The van der Waals surface area contributed by atoms with Crippen molar-refractivity contribution in [2.24, 2.45) is 0 Å². The monoisotopic (exact) mass is 364 g/mol. The number of benzene rings is 2. The molecule has 0 fully saturated rings. The first-order chi connectivity index (χ1) is 13.0. The average Bonchev–Trinajstić information content (AvgIpc) is 2.64. The molecule has 5 nitrogen and oxygen atoms in total. The van der Waals surface area contributed by atoms with E-state index in [1.165, 1.54) is 0 Å². The number of hydrogen-bond donors (Lipinski definition) is 2. The van der Waals surface area contributed by atoms with Crippen LogP contribution in [0, 0.1) is 6.92 Å². The van der Waals surface area contributed by atoms with Gasteiger partial charge >= 0.3 is 0 Å². The van der Waals surface area contributed by atoms with Gasteiger partial charge in [0.1, 0.15) is 5.75 Å². The molecule has 0 atom stereocenters. The van der Waals surface area contributed by atoms with Gasteiger partial charge in [0.15, 0.2) is 0 Å². The number of aromatic amines is 1. The number of H-pyrrole nitrogens is 1. The van der Waals surface area contributed by atoms with Crippen LogP contribution in [0.3, 0.4) is 0 Å². The lowest BCUT2D eigenvalue weighted by Crippen LogP contribution is -2.28. The van der Waals surface area contributed by atoms with E-state index in [1.54, 1.807) is 0 Å². The molecule has 0 saturated carbocycles. The highest BCUT2D eigenvalue weighted by Gasteiger charge is 2.06. The average molecular weight is 364 g/mol. The Morgan fingerprint density at radius 2 is 1.89 bits per heavy atom. The Hall–Kier alpha value is -3.08. The lowest BCUT2D eigenvalue weighted by Gasteiger charge is -2.07. The fourth-order valence-electron chi connectivity index (χ4n) is 3.00. The van der Waals surface area contributed by atoms with Crippen LogP contribution in [0.1, 0.15) is 23.6 Å². The molecule has 3 rings (SSSR count). The number of pyridine rings is 1. The van der Waals surface area contributed by atoms with Crippen LogP contribution < -0.4 is 15.6 Å². The molecule has 2 N–H and O–H groups in total. The number of nitrogens with one attached hydrogen (secondary N) is 2. The number of carbonyl (C=O) groups is 1. The molecule has 140 valence electrons. The third kappa shape index (κ3) is 4.97. The summed E-state index contributed by atoms with van der Waals surface area (Å²) in [5.74, 6) is 0.736. The molecule has 2 aromatic carbocycles. The van der Waals surface area contributed by atoms with E-state index < -0.39 is 0 Å². The van der Waals surface area contributed by atoms with Gasteiger partial charge in [-0.1, -0.05) is 24.3 Å². The first kappa shape index (κ1) is 18.7. The van der Waals surface area contributed by atoms with Crippen LogP contribution in [0.2, 0.25) is 0 Å². The Kier molecular flexibility index (Phi) is 5.91. The molecule has 1 amide bonds. The Bertz CT molecular complexity index is 991. The van der Waals surface area contributed by atoms with Gasteiger partial charge in [-0.2, -0.15) is 0 Å². The number of carbonyl (C=O) groups excluding carboxylic acids is 1. The van der Waals surface area contributed by atoms with Crippen molar-refractivity contribution in [2.45, 2.75) is 26.7 Å². The first-order valence-corrected chi connectivity index (χ1v) is 9.16. The topological polar surface area (TPSA) is 71.2 Å². The predicted octanol–water partition coefficient (Wildman–Crippen LogP) is 3.14. The fourth-order valence-corrected chi connectivity index (χ4v) is 3.00. The van der Waals surface area contributed by atoms with Crippen LogP contribution in [-0.4, -0.2) is 24.0 Å². The second kappa shape index (κ2) is 8.54. The highest BCUT2D eigenvalue weighted by atomic mass is 16.5. The molecule has 0 aliphatic heterocycles. The molecule has 0 radical (unpaired) electrons. The third-order valence-corrected chi connectivity index (χ3v) is 4.39. The molecule has 3 aromatic rings. The number of hydrogen-bond acceptors (Lipinski definition) is 3. The summed E-state index contributed by atoms with van der Waals surface area (Å²) in [5.41, 5.74) is 3.44. The van der Waals surface area contributed by atoms with E-state index >= 15 is 0 Å². The lowest BCUT2D eigenvalue weighted by molar-refractivity contribution is -0.120. The standard InChI is InChI=1S/C22H24N2O3/c1-3-27-19-8-5-16(6-9-19)13-21(25)23-11-10-18-14-17-7-4-15(2)12-20(17)24-22(18)26/h4-9,12,14H,3,10-11,13H2,1-2H3,(H,23,25)(H,24,26). The van der Waals surface area contributed by atoms with Gasteiger partial charge in [-0.15, -0.1) is 0 Å². The van der Waals surface area contributed by atoms with E-state index in [9.17, 15) is 9.59 Å². The van der Waals surface area contributed by atoms with Crippen molar-refractivity contribution in [2.75, 3.05) is 13.2 Å². The second-order valence-electron chi connectivity index (χ2n) is 6.57. The van der Waals surface area contributed by atoms with E-state index in [1.807, 2.05) is 62.4 Å². The molecule has 0 saturated heterocycles. The molecule has 0 bridgehead atoms. The van der Waals surface area contributed by atoms with E-state index in [-0.39, 0.29) is 11.5 Å². The normalized spacial score (nSPS) is 10.7. The Labute approximate surface area is 158 Å². The minimum Gasteiger partial charge on any atom is -0.494 e. The minimum atomic E-state index is -0.103. The van der Waals surface area contributed by atoms with Gasteiger partial charge in [0.05, 0.1) is 13.0 Å². The Morgan fingerprint density at radius 3 is 2.63 bits per heavy atom. The second-order valence-corrected chi connectivity index (χ2v) is 6.57. The predicted molar refractivity (Wildman–Crippen MR) is 107 cm³/mol. The quantitative estimate of drug-likeness (QED) is 0.677. The number of aromatic nitrogens is 1. The van der Waals surface area contributed by atoms with Crippen molar-refractivity contribution in [1.29, 1.82) is 0 Å². The molecule has 1 aromatic heterocycles. The van der Waals surface area contributed by atoms with Crippen molar-refractivity contribution >= 4 is 16.8 Å². The molecule has 1 heterocycles. The molecule has 5 heteroatoms. The Morgan fingerprint density at radius 1 is 1.11 bits per heavy atom. The van der Waals surface area contributed by atoms with Gasteiger partial charge in [-0.05, 0) is 61.0 Å². The van der Waals surface area contributed by atoms with Crippen molar-refractivity contribution < 1.29 is 9.53 Å². The van der Waals surface area contributed by atoms with Crippen LogP contribution in [-0.2, 0) is 17.6 Å². The van der Waals surface area contributed by atoms with Crippen molar-refractivity contribution in [3.05, 3.63) is 75.6 Å². The molecule has 27 heavy (non-hydrogen) atoms. The summed E-state index contributed by atoms with van der Waals surface area (Å²) in [5, 5.41) is 3.88. The zero-order valence-electron chi connectivity index (χ0n) is 15.7. The summed E-state index contributed by atoms with van der Waals surface area (Å²) in [6, 6.07) is 15.4. The summed E-state index contributed by atoms with van der Waals surface area (Å²) < 4.78 is 5.39. The number of rotatable bonds is 7. The van der Waals surface area contributed by atoms with Gasteiger partial charge in [0.2, 0.25) is 5.91 Å². The SMILES string of the molecule is CCOc1ccc(CC(=O)NCCc2cc3ccc(C)cc3[nH]c2=O)cc1. The van der Waals surface area contributed by atoms with E-state index in [0.29, 0.717) is 31.6 Å². The van der Waals surface area contributed by atoms with Gasteiger partial charge in [-0.25, -0.2) is 0 Å². The van der Waals surface area contributed by atoms with Crippen molar-refractivity contribution in [3.63, 3.8) is 0 Å². The molecular weight excluding hydrogens is 340 g/mol. The Balaban J connectivity index is 1.55. The minimum absolute atomic E-state index is 0.0630. The van der Waals surface area contributed by atoms with Crippen LogP contribution in [0.5, 0.6) is 5.75 Å². The summed E-state index contributed by atoms with van der Waals surface area (Å²) in [7, 11) is 0. The fraction of sp³-hybridized carbons (Fsp3) is 0.273. The van der Waals surface area contributed by atoms with Crippen LogP contribution in [0.25, 0.3) is 10.9 Å². The van der Waals surface area contributed by atoms with Gasteiger partial charge < -0.3 is 15.0 Å². The van der Waals surface area contributed by atoms with Crippen molar-refractivity contribution in [1.82, 2.24) is 10.3 Å².